The molecular weight excluding hydrogens is 132 g/mol. The zero-order chi connectivity index (χ0) is 7.23. The summed E-state index contributed by atoms with van der Waals surface area (Å²) in [5.41, 5.74) is 0. The maximum absolute atomic E-state index is 3.75. The number of hydrogen-bond acceptors (Lipinski definition) is 0. The summed E-state index contributed by atoms with van der Waals surface area (Å²) in [6, 6.07) is 0. The van der Waals surface area contributed by atoms with Crippen LogP contribution in [0.3, 0.4) is 0 Å². The first-order chi connectivity index (χ1) is 4.93. The van der Waals surface area contributed by atoms with E-state index in [0.29, 0.717) is 0 Å². The summed E-state index contributed by atoms with van der Waals surface area (Å²) in [7, 11) is 0. The second-order valence-corrected chi connectivity index (χ2v) is 3.37. The standard InChI is InChI=1S/C10H18.CH4/c1-2-3-7-10-8-5-4-6-9-10;/h2,10H,1,3-9H2;1H4. The average Bonchev–Trinajstić information content (AvgIpc) is 2.03. The van der Waals surface area contributed by atoms with Crippen molar-refractivity contribution < 1.29 is 0 Å². The fourth-order valence-corrected chi connectivity index (χ4v) is 1.83. The van der Waals surface area contributed by atoms with Crippen LogP contribution in [0.25, 0.3) is 0 Å². The van der Waals surface area contributed by atoms with Crippen LogP contribution in [-0.2, 0) is 0 Å². The third-order valence-electron chi connectivity index (χ3n) is 2.50. The Balaban J connectivity index is 0.000001000. The van der Waals surface area contributed by atoms with Gasteiger partial charge in [-0.2, -0.15) is 0 Å². The van der Waals surface area contributed by atoms with Gasteiger partial charge in [0.25, 0.3) is 0 Å². The summed E-state index contributed by atoms with van der Waals surface area (Å²) >= 11 is 0. The van der Waals surface area contributed by atoms with Crippen LogP contribution in [0, 0.1) is 5.92 Å². The molecular formula is C11H22. The van der Waals surface area contributed by atoms with E-state index in [1.54, 1.807) is 0 Å². The smallest absolute Gasteiger partial charge is 0.0351 e. The van der Waals surface area contributed by atoms with Crippen LogP contribution < -0.4 is 0 Å². The first-order valence-corrected chi connectivity index (χ1v) is 4.54. The van der Waals surface area contributed by atoms with Gasteiger partial charge in [0.2, 0.25) is 0 Å². The van der Waals surface area contributed by atoms with Crippen LogP contribution in [-0.4, -0.2) is 0 Å². The first-order valence-electron chi connectivity index (χ1n) is 4.54. The van der Waals surface area contributed by atoms with Crippen molar-refractivity contribution in [2.75, 3.05) is 0 Å². The van der Waals surface area contributed by atoms with Crippen molar-refractivity contribution in [1.82, 2.24) is 0 Å². The van der Waals surface area contributed by atoms with E-state index in [2.05, 4.69) is 12.7 Å². The highest BCUT2D eigenvalue weighted by molar-refractivity contribution is 4.72. The molecule has 0 radical (unpaired) electrons. The van der Waals surface area contributed by atoms with Crippen molar-refractivity contribution >= 4 is 0 Å². The highest BCUT2D eigenvalue weighted by Gasteiger charge is 2.11. The summed E-state index contributed by atoms with van der Waals surface area (Å²) < 4.78 is 0. The maximum atomic E-state index is 3.75. The van der Waals surface area contributed by atoms with E-state index in [9.17, 15) is 0 Å². The topological polar surface area (TPSA) is 0 Å². The molecule has 0 aliphatic heterocycles. The summed E-state index contributed by atoms with van der Waals surface area (Å²) in [5.74, 6) is 1.03. The van der Waals surface area contributed by atoms with Crippen molar-refractivity contribution in [3.63, 3.8) is 0 Å². The Morgan fingerprint density at radius 1 is 1.18 bits per heavy atom. The van der Waals surface area contributed by atoms with Crippen LogP contribution in [0.5, 0.6) is 0 Å². The van der Waals surface area contributed by atoms with Gasteiger partial charge < -0.3 is 0 Å². The van der Waals surface area contributed by atoms with Gasteiger partial charge >= 0.3 is 0 Å². The summed E-state index contributed by atoms with van der Waals surface area (Å²) in [4.78, 5) is 0. The minimum Gasteiger partial charge on any atom is -0.103 e. The van der Waals surface area contributed by atoms with Gasteiger partial charge in [0.15, 0.2) is 0 Å². The Labute approximate surface area is 71.7 Å². The highest BCUT2D eigenvalue weighted by Crippen LogP contribution is 2.27. The van der Waals surface area contributed by atoms with E-state index in [0.717, 1.165) is 5.92 Å². The van der Waals surface area contributed by atoms with Gasteiger partial charge in [-0.15, -0.1) is 6.58 Å². The van der Waals surface area contributed by atoms with E-state index in [-0.39, 0.29) is 7.43 Å². The van der Waals surface area contributed by atoms with Gasteiger partial charge in [-0.25, -0.2) is 0 Å². The van der Waals surface area contributed by atoms with E-state index in [1.807, 2.05) is 0 Å². The minimum absolute atomic E-state index is 0. The monoisotopic (exact) mass is 154 g/mol. The van der Waals surface area contributed by atoms with Crippen LogP contribution >= 0.6 is 0 Å². The molecule has 0 heterocycles. The third-order valence-corrected chi connectivity index (χ3v) is 2.50. The molecule has 1 saturated carbocycles. The molecule has 1 aliphatic carbocycles. The van der Waals surface area contributed by atoms with Crippen LogP contribution in [0.2, 0.25) is 0 Å². The Morgan fingerprint density at radius 3 is 2.36 bits per heavy atom. The van der Waals surface area contributed by atoms with Gasteiger partial charge in [-0.3, -0.25) is 0 Å². The average molecular weight is 154 g/mol. The SMILES string of the molecule is C.C=CCCC1CCCCC1. The van der Waals surface area contributed by atoms with Crippen LogP contribution in [0.1, 0.15) is 52.4 Å². The Bertz CT molecular complexity index is 88.2. The maximum Gasteiger partial charge on any atom is -0.0351 e. The lowest BCUT2D eigenvalue weighted by molar-refractivity contribution is 0.341. The number of rotatable bonds is 3. The number of allylic oxidation sites excluding steroid dienone is 1. The van der Waals surface area contributed by atoms with Gasteiger partial charge in [0.05, 0.1) is 0 Å². The molecule has 0 spiro atoms. The van der Waals surface area contributed by atoms with Gasteiger partial charge in [-0.1, -0.05) is 45.6 Å². The zero-order valence-corrected chi connectivity index (χ0v) is 6.81. The van der Waals surface area contributed by atoms with Crippen molar-refractivity contribution in [1.29, 1.82) is 0 Å². The normalized spacial score (nSPS) is 18.9. The molecule has 0 aromatic heterocycles. The van der Waals surface area contributed by atoms with Crippen molar-refractivity contribution in [3.05, 3.63) is 12.7 Å². The van der Waals surface area contributed by atoms with Crippen LogP contribution in [0.15, 0.2) is 12.7 Å². The zero-order valence-electron chi connectivity index (χ0n) is 6.81. The van der Waals surface area contributed by atoms with E-state index < -0.39 is 0 Å². The van der Waals surface area contributed by atoms with Gasteiger partial charge in [0.1, 0.15) is 0 Å². The molecule has 0 aromatic carbocycles. The molecule has 1 fully saturated rings. The van der Waals surface area contributed by atoms with E-state index >= 15 is 0 Å². The third kappa shape index (κ3) is 4.23. The first kappa shape index (κ1) is 10.7. The van der Waals surface area contributed by atoms with E-state index in [1.165, 1.54) is 44.9 Å². The second kappa shape index (κ2) is 6.45. The molecule has 0 heteroatoms. The fraction of sp³-hybridized carbons (Fsp3) is 0.818. The molecule has 0 unspecified atom stereocenters. The lowest BCUT2D eigenvalue weighted by Crippen LogP contribution is -2.05. The summed E-state index contributed by atoms with van der Waals surface area (Å²) in [6.45, 7) is 3.75. The molecule has 0 atom stereocenters. The molecule has 0 N–H and O–H groups in total. The van der Waals surface area contributed by atoms with Crippen molar-refractivity contribution in [2.24, 2.45) is 5.92 Å². The van der Waals surface area contributed by atoms with Gasteiger partial charge in [-0.05, 0) is 18.8 Å². The molecule has 0 aromatic rings. The molecule has 1 aliphatic rings. The molecule has 11 heavy (non-hydrogen) atoms. The lowest BCUT2D eigenvalue weighted by Gasteiger charge is -2.20. The minimum atomic E-state index is 0. The molecule has 0 nitrogen and oxygen atoms in total. The largest absolute Gasteiger partial charge is 0.103 e. The highest BCUT2D eigenvalue weighted by atomic mass is 14.2. The predicted molar refractivity (Wildman–Crippen MR) is 52.7 cm³/mol. The summed E-state index contributed by atoms with van der Waals surface area (Å²) in [6.07, 6.45) is 12.1. The Hall–Kier alpha value is -0.260. The molecule has 0 bridgehead atoms. The van der Waals surface area contributed by atoms with Gasteiger partial charge in [0, 0.05) is 0 Å². The Kier molecular flexibility index (Phi) is 6.30. The summed E-state index contributed by atoms with van der Waals surface area (Å²) in [5, 5.41) is 0. The number of hydrogen-bond donors (Lipinski definition) is 0. The molecule has 0 saturated heterocycles. The molecule has 1 rings (SSSR count). The Morgan fingerprint density at radius 2 is 1.82 bits per heavy atom. The quantitative estimate of drug-likeness (QED) is 0.535. The van der Waals surface area contributed by atoms with Crippen LogP contribution in [0.4, 0.5) is 0 Å². The predicted octanol–water partition coefficient (Wildman–Crippen LogP) is 4.17. The lowest BCUT2D eigenvalue weighted by atomic mass is 9.86. The van der Waals surface area contributed by atoms with Crippen molar-refractivity contribution in [3.8, 4) is 0 Å². The second-order valence-electron chi connectivity index (χ2n) is 3.37. The van der Waals surface area contributed by atoms with E-state index in [4.69, 9.17) is 0 Å². The molecule has 0 amide bonds. The molecule has 66 valence electrons. The fourth-order valence-electron chi connectivity index (χ4n) is 1.83. The van der Waals surface area contributed by atoms with Crippen molar-refractivity contribution in [2.45, 2.75) is 52.4 Å².